The molecular formula is C13H22N2O. The van der Waals surface area contributed by atoms with Gasteiger partial charge < -0.3 is 10.2 Å². The third kappa shape index (κ3) is 3.65. The van der Waals surface area contributed by atoms with Gasteiger partial charge in [-0.05, 0) is 51.3 Å². The zero-order valence-electron chi connectivity index (χ0n) is 10.1. The molecule has 1 atom stereocenters. The van der Waals surface area contributed by atoms with Crippen LogP contribution in [0.15, 0.2) is 22.8 Å². The van der Waals surface area contributed by atoms with E-state index in [1.165, 1.54) is 19.3 Å². The summed E-state index contributed by atoms with van der Waals surface area (Å²) in [5, 5.41) is 0. The molecule has 1 unspecified atom stereocenters. The molecule has 16 heavy (non-hydrogen) atoms. The van der Waals surface area contributed by atoms with Gasteiger partial charge in [0.15, 0.2) is 0 Å². The van der Waals surface area contributed by atoms with E-state index in [1.54, 1.807) is 6.26 Å². The van der Waals surface area contributed by atoms with Crippen LogP contribution in [0.25, 0.3) is 0 Å². The summed E-state index contributed by atoms with van der Waals surface area (Å²) in [6.45, 7) is 4.18. The van der Waals surface area contributed by atoms with Crippen LogP contribution in [0.5, 0.6) is 0 Å². The third-order valence-corrected chi connectivity index (χ3v) is 3.11. The number of nitrogens with two attached hydrogens (primary N) is 1. The lowest BCUT2D eigenvalue weighted by molar-refractivity contribution is 0.228. The van der Waals surface area contributed by atoms with E-state index >= 15 is 0 Å². The quantitative estimate of drug-likeness (QED) is 0.770. The molecule has 0 aliphatic heterocycles. The van der Waals surface area contributed by atoms with Gasteiger partial charge in [0.1, 0.15) is 5.76 Å². The molecule has 1 aliphatic rings. The maximum Gasteiger partial charge on any atom is 0.117 e. The molecular weight excluding hydrogens is 200 g/mol. The summed E-state index contributed by atoms with van der Waals surface area (Å²) in [7, 11) is 0. The van der Waals surface area contributed by atoms with Crippen molar-refractivity contribution in [2.24, 2.45) is 5.73 Å². The van der Waals surface area contributed by atoms with Crippen molar-refractivity contribution >= 4 is 0 Å². The van der Waals surface area contributed by atoms with Gasteiger partial charge in [-0.25, -0.2) is 0 Å². The summed E-state index contributed by atoms with van der Waals surface area (Å²) >= 11 is 0. The van der Waals surface area contributed by atoms with Crippen LogP contribution in [0.1, 0.15) is 38.4 Å². The van der Waals surface area contributed by atoms with E-state index in [0.717, 1.165) is 31.3 Å². The van der Waals surface area contributed by atoms with Gasteiger partial charge in [-0.2, -0.15) is 0 Å². The summed E-state index contributed by atoms with van der Waals surface area (Å²) in [6, 6.07) is 5.13. The first kappa shape index (κ1) is 11.7. The highest BCUT2D eigenvalue weighted by molar-refractivity contribution is 4.99. The molecule has 1 saturated carbocycles. The Labute approximate surface area is 97.6 Å². The molecule has 2 rings (SSSR count). The van der Waals surface area contributed by atoms with Gasteiger partial charge in [0.05, 0.1) is 12.8 Å². The van der Waals surface area contributed by atoms with Crippen LogP contribution < -0.4 is 5.73 Å². The van der Waals surface area contributed by atoms with E-state index in [-0.39, 0.29) is 0 Å². The lowest BCUT2D eigenvalue weighted by Gasteiger charge is -2.21. The summed E-state index contributed by atoms with van der Waals surface area (Å²) in [5.41, 5.74) is 5.77. The second kappa shape index (κ2) is 5.51. The van der Waals surface area contributed by atoms with Crippen molar-refractivity contribution in [3.63, 3.8) is 0 Å². The van der Waals surface area contributed by atoms with Crippen LogP contribution in [0, 0.1) is 0 Å². The highest BCUT2D eigenvalue weighted by atomic mass is 16.3. The van der Waals surface area contributed by atoms with E-state index in [0.29, 0.717) is 6.04 Å². The zero-order chi connectivity index (χ0) is 11.4. The summed E-state index contributed by atoms with van der Waals surface area (Å²) < 4.78 is 5.40. The fourth-order valence-electron chi connectivity index (χ4n) is 2.05. The van der Waals surface area contributed by atoms with Crippen molar-refractivity contribution < 1.29 is 4.42 Å². The highest BCUT2D eigenvalue weighted by Gasteiger charge is 2.28. The van der Waals surface area contributed by atoms with E-state index in [2.05, 4.69) is 17.9 Å². The third-order valence-electron chi connectivity index (χ3n) is 3.11. The molecule has 1 aromatic heterocycles. The summed E-state index contributed by atoms with van der Waals surface area (Å²) in [5.74, 6) is 1.08. The first-order chi connectivity index (χ1) is 7.75. The highest BCUT2D eigenvalue weighted by Crippen LogP contribution is 2.28. The van der Waals surface area contributed by atoms with Gasteiger partial charge >= 0.3 is 0 Å². The van der Waals surface area contributed by atoms with Crippen LogP contribution in [0.4, 0.5) is 0 Å². The Morgan fingerprint density at radius 1 is 1.56 bits per heavy atom. The maximum atomic E-state index is 5.77. The number of nitrogens with zero attached hydrogens (tertiary/aromatic N) is 1. The second-order valence-electron chi connectivity index (χ2n) is 4.90. The molecule has 0 saturated heterocycles. The SMILES string of the molecule is CC(N)CCCN(Cc1ccco1)C1CC1. The molecule has 2 N–H and O–H groups in total. The lowest BCUT2D eigenvalue weighted by atomic mass is 10.2. The Morgan fingerprint density at radius 3 is 2.94 bits per heavy atom. The first-order valence-electron chi connectivity index (χ1n) is 6.27. The lowest BCUT2D eigenvalue weighted by Crippen LogP contribution is -2.27. The van der Waals surface area contributed by atoms with E-state index in [4.69, 9.17) is 10.2 Å². The maximum absolute atomic E-state index is 5.77. The topological polar surface area (TPSA) is 42.4 Å². The fourth-order valence-corrected chi connectivity index (χ4v) is 2.05. The second-order valence-corrected chi connectivity index (χ2v) is 4.90. The zero-order valence-corrected chi connectivity index (χ0v) is 10.1. The number of rotatable bonds is 7. The summed E-state index contributed by atoms with van der Waals surface area (Å²) in [4.78, 5) is 2.53. The monoisotopic (exact) mass is 222 g/mol. The largest absolute Gasteiger partial charge is 0.468 e. The number of hydrogen-bond donors (Lipinski definition) is 1. The Morgan fingerprint density at radius 2 is 2.38 bits per heavy atom. The van der Waals surface area contributed by atoms with Gasteiger partial charge in [-0.15, -0.1) is 0 Å². The molecule has 1 heterocycles. The molecule has 1 aromatic rings. The van der Waals surface area contributed by atoms with Gasteiger partial charge in [-0.3, -0.25) is 4.90 Å². The molecule has 3 nitrogen and oxygen atoms in total. The van der Waals surface area contributed by atoms with Crippen molar-refractivity contribution in [2.45, 2.75) is 51.2 Å². The Bertz CT molecular complexity index is 291. The molecule has 0 spiro atoms. The molecule has 0 radical (unpaired) electrons. The van der Waals surface area contributed by atoms with Crippen molar-refractivity contribution in [1.29, 1.82) is 0 Å². The molecule has 0 amide bonds. The predicted octanol–water partition coefficient (Wildman–Crippen LogP) is 2.37. The molecule has 0 bridgehead atoms. The van der Waals surface area contributed by atoms with Gasteiger partial charge in [-0.1, -0.05) is 0 Å². The minimum absolute atomic E-state index is 0.324. The smallest absolute Gasteiger partial charge is 0.117 e. The van der Waals surface area contributed by atoms with E-state index < -0.39 is 0 Å². The molecule has 0 aromatic carbocycles. The van der Waals surface area contributed by atoms with E-state index in [9.17, 15) is 0 Å². The Hall–Kier alpha value is -0.800. The number of furan rings is 1. The van der Waals surface area contributed by atoms with Gasteiger partial charge in [0, 0.05) is 12.1 Å². The standard InChI is InChI=1S/C13H22N2O/c1-11(14)4-2-8-15(12-6-7-12)10-13-5-3-9-16-13/h3,5,9,11-12H,2,4,6-8,10,14H2,1H3. The Kier molecular flexibility index (Phi) is 4.02. The van der Waals surface area contributed by atoms with Crippen LogP contribution in [-0.2, 0) is 6.54 Å². The Balaban J connectivity index is 1.76. The van der Waals surface area contributed by atoms with Crippen LogP contribution in [0.3, 0.4) is 0 Å². The fraction of sp³-hybridized carbons (Fsp3) is 0.692. The molecule has 1 aliphatic carbocycles. The minimum Gasteiger partial charge on any atom is -0.468 e. The van der Waals surface area contributed by atoms with Gasteiger partial charge in [0.25, 0.3) is 0 Å². The number of hydrogen-bond acceptors (Lipinski definition) is 3. The minimum atomic E-state index is 0.324. The van der Waals surface area contributed by atoms with Crippen LogP contribution >= 0.6 is 0 Å². The van der Waals surface area contributed by atoms with Crippen molar-refractivity contribution in [2.75, 3.05) is 6.54 Å². The van der Waals surface area contributed by atoms with E-state index in [1.807, 2.05) is 6.07 Å². The van der Waals surface area contributed by atoms with Crippen LogP contribution in [0.2, 0.25) is 0 Å². The molecule has 90 valence electrons. The van der Waals surface area contributed by atoms with Gasteiger partial charge in [0.2, 0.25) is 0 Å². The first-order valence-corrected chi connectivity index (χ1v) is 6.27. The summed E-state index contributed by atoms with van der Waals surface area (Å²) in [6.07, 6.45) is 6.75. The van der Waals surface area contributed by atoms with Crippen molar-refractivity contribution in [1.82, 2.24) is 4.90 Å². The normalized spacial score (nSPS) is 17.9. The van der Waals surface area contributed by atoms with Crippen molar-refractivity contribution in [3.05, 3.63) is 24.2 Å². The van der Waals surface area contributed by atoms with Crippen LogP contribution in [-0.4, -0.2) is 23.5 Å². The average Bonchev–Trinajstić information content (AvgIpc) is 2.96. The molecule has 3 heteroatoms. The van der Waals surface area contributed by atoms with Crippen molar-refractivity contribution in [3.8, 4) is 0 Å². The average molecular weight is 222 g/mol. The predicted molar refractivity (Wildman–Crippen MR) is 65.0 cm³/mol. The molecule has 1 fully saturated rings.